The first-order valence-electron chi connectivity index (χ1n) is 2.21. The quantitative estimate of drug-likeness (QED) is 0.476. The van der Waals surface area contributed by atoms with Crippen molar-refractivity contribution in [3.63, 3.8) is 0 Å². The molecule has 0 saturated carbocycles. The molecule has 0 amide bonds. The Kier molecular flexibility index (Phi) is 4.85. The van der Waals surface area contributed by atoms with Gasteiger partial charge in [-0.15, -0.1) is 0 Å². The van der Waals surface area contributed by atoms with E-state index in [2.05, 4.69) is 10.6 Å². The maximum absolute atomic E-state index is 3.01. The van der Waals surface area contributed by atoms with Crippen molar-refractivity contribution in [2.24, 2.45) is 0 Å². The molecule has 0 atom stereocenters. The molecule has 2 nitrogen and oxygen atoms in total. The van der Waals surface area contributed by atoms with Crippen molar-refractivity contribution in [2.45, 2.75) is 0 Å². The lowest BCUT2D eigenvalue weighted by atomic mass is 10.6. The molecule has 6 heavy (non-hydrogen) atoms. The molecule has 0 rings (SSSR count). The van der Waals surface area contributed by atoms with Crippen LogP contribution in [0, 0.1) is 0 Å². The molecule has 2 heteroatoms. The van der Waals surface area contributed by atoms with Crippen molar-refractivity contribution < 1.29 is 2.85 Å². The molecule has 0 spiro atoms. The van der Waals surface area contributed by atoms with E-state index in [1.54, 1.807) is 0 Å². The summed E-state index contributed by atoms with van der Waals surface area (Å²) >= 11 is 0. The molecule has 0 aliphatic carbocycles. The predicted octanol–water partition coefficient (Wildman–Crippen LogP) is -0.0828. The molecule has 0 bridgehead atoms. The van der Waals surface area contributed by atoms with Gasteiger partial charge in [-0.3, -0.25) is 0 Å². The minimum absolute atomic E-state index is 0. The molecule has 42 valence electrons. The smallest absolute Gasteiger partial charge is 0.00736 e. The topological polar surface area (TPSA) is 24.1 Å². The van der Waals surface area contributed by atoms with E-state index in [-0.39, 0.29) is 2.85 Å². The Morgan fingerprint density at radius 1 is 1.17 bits per heavy atom. The van der Waals surface area contributed by atoms with Crippen molar-refractivity contribution in [3.8, 4) is 0 Å². The zero-order chi connectivity index (χ0) is 4.83. The highest BCUT2D eigenvalue weighted by Crippen LogP contribution is 1.45. The summed E-state index contributed by atoms with van der Waals surface area (Å²) in [5.41, 5.74) is 0. The Hall–Kier alpha value is -0.0800. The van der Waals surface area contributed by atoms with Crippen molar-refractivity contribution >= 4 is 0 Å². The highest BCUT2D eigenvalue weighted by Gasteiger charge is 1.70. The van der Waals surface area contributed by atoms with Gasteiger partial charge >= 0.3 is 0 Å². The molecule has 0 aliphatic rings. The van der Waals surface area contributed by atoms with E-state index < -0.39 is 0 Å². The Labute approximate surface area is 41.9 Å². The zero-order valence-electron chi connectivity index (χ0n) is 4.41. The SMILES string of the molecule is CNCCNC.[HH].[HH]. The van der Waals surface area contributed by atoms with Crippen LogP contribution in [0.3, 0.4) is 0 Å². The zero-order valence-corrected chi connectivity index (χ0v) is 4.41. The van der Waals surface area contributed by atoms with E-state index in [1.807, 2.05) is 14.1 Å². The fraction of sp³-hybridized carbons (Fsp3) is 1.00. The van der Waals surface area contributed by atoms with Crippen molar-refractivity contribution in [3.05, 3.63) is 0 Å². The average Bonchev–Trinajstić information content (AvgIpc) is 1.61. The first-order valence-corrected chi connectivity index (χ1v) is 2.21. The number of hydrogen-bond acceptors (Lipinski definition) is 2. The third-order valence-electron chi connectivity index (χ3n) is 0.625. The van der Waals surface area contributed by atoms with Gasteiger partial charge in [0.15, 0.2) is 0 Å². The lowest BCUT2D eigenvalue weighted by Crippen LogP contribution is -2.21. The van der Waals surface area contributed by atoms with E-state index in [0.29, 0.717) is 0 Å². The Morgan fingerprint density at radius 3 is 1.67 bits per heavy atom. The molecule has 0 fully saturated rings. The second-order valence-electron chi connectivity index (χ2n) is 1.21. The molecular weight excluding hydrogens is 76.1 g/mol. The second kappa shape index (κ2) is 4.92. The van der Waals surface area contributed by atoms with Crippen molar-refractivity contribution in [1.29, 1.82) is 0 Å². The van der Waals surface area contributed by atoms with Gasteiger partial charge in [0.05, 0.1) is 0 Å². The van der Waals surface area contributed by atoms with Crippen molar-refractivity contribution in [1.82, 2.24) is 10.6 Å². The highest BCUT2D eigenvalue weighted by molar-refractivity contribution is 4.38. The number of hydrogen-bond donors (Lipinski definition) is 2. The van der Waals surface area contributed by atoms with Gasteiger partial charge in [0.1, 0.15) is 0 Å². The summed E-state index contributed by atoms with van der Waals surface area (Å²) in [6, 6.07) is 0. The lowest BCUT2D eigenvalue weighted by Gasteiger charge is -1.92. The predicted molar refractivity (Wildman–Crippen MR) is 32.1 cm³/mol. The van der Waals surface area contributed by atoms with Crippen molar-refractivity contribution in [2.75, 3.05) is 27.2 Å². The molecular formula is C4H16N2. The third kappa shape index (κ3) is 3.92. The van der Waals surface area contributed by atoms with Crippen LogP contribution in [0.5, 0.6) is 0 Å². The summed E-state index contributed by atoms with van der Waals surface area (Å²) in [4.78, 5) is 0. The third-order valence-corrected chi connectivity index (χ3v) is 0.625. The van der Waals surface area contributed by atoms with Gasteiger partial charge in [0.25, 0.3) is 0 Å². The van der Waals surface area contributed by atoms with Crippen LogP contribution < -0.4 is 10.6 Å². The van der Waals surface area contributed by atoms with Gasteiger partial charge < -0.3 is 10.6 Å². The van der Waals surface area contributed by atoms with Crippen LogP contribution >= 0.6 is 0 Å². The summed E-state index contributed by atoms with van der Waals surface area (Å²) in [6.45, 7) is 2.10. The van der Waals surface area contributed by atoms with Gasteiger partial charge in [-0.2, -0.15) is 0 Å². The maximum atomic E-state index is 3.01. The van der Waals surface area contributed by atoms with Crippen LogP contribution in [0.4, 0.5) is 0 Å². The summed E-state index contributed by atoms with van der Waals surface area (Å²) in [6.07, 6.45) is 0. The van der Waals surface area contributed by atoms with E-state index >= 15 is 0 Å². The molecule has 0 aromatic rings. The second-order valence-corrected chi connectivity index (χ2v) is 1.21. The summed E-state index contributed by atoms with van der Waals surface area (Å²) < 4.78 is 0. The summed E-state index contributed by atoms with van der Waals surface area (Å²) in [7, 11) is 3.88. The average molecular weight is 92.2 g/mol. The Balaban J connectivity index is -0.000000125. The Morgan fingerprint density at radius 2 is 1.50 bits per heavy atom. The highest BCUT2D eigenvalue weighted by atomic mass is 14.9. The molecule has 0 unspecified atom stereocenters. The molecule has 0 aromatic heterocycles. The minimum atomic E-state index is 0. The van der Waals surface area contributed by atoms with E-state index in [0.717, 1.165) is 13.1 Å². The van der Waals surface area contributed by atoms with Crippen LogP contribution in [-0.2, 0) is 0 Å². The minimum Gasteiger partial charge on any atom is -0.318 e. The van der Waals surface area contributed by atoms with E-state index in [9.17, 15) is 0 Å². The number of likely N-dealkylation sites (N-methyl/N-ethyl adjacent to an activating group) is 2. The largest absolute Gasteiger partial charge is 0.318 e. The molecule has 0 aromatic carbocycles. The van der Waals surface area contributed by atoms with Gasteiger partial charge in [-0.1, -0.05) is 0 Å². The summed E-state index contributed by atoms with van der Waals surface area (Å²) in [5.74, 6) is 0. The number of rotatable bonds is 3. The van der Waals surface area contributed by atoms with Gasteiger partial charge in [-0.25, -0.2) is 0 Å². The van der Waals surface area contributed by atoms with Gasteiger partial charge in [0.2, 0.25) is 0 Å². The van der Waals surface area contributed by atoms with Crippen LogP contribution in [0.2, 0.25) is 0 Å². The first-order chi connectivity index (χ1) is 2.91. The normalized spacial score (nSPS) is 9.00. The molecule has 0 heterocycles. The van der Waals surface area contributed by atoms with Gasteiger partial charge in [0, 0.05) is 15.9 Å². The lowest BCUT2D eigenvalue weighted by molar-refractivity contribution is 0.718. The van der Waals surface area contributed by atoms with Crippen LogP contribution in [0.1, 0.15) is 2.85 Å². The van der Waals surface area contributed by atoms with Crippen LogP contribution in [0.25, 0.3) is 0 Å². The summed E-state index contributed by atoms with van der Waals surface area (Å²) in [5, 5.41) is 6.01. The fourth-order valence-electron chi connectivity index (χ4n) is 0.250. The number of nitrogens with one attached hydrogen (secondary N) is 2. The van der Waals surface area contributed by atoms with E-state index in [4.69, 9.17) is 0 Å². The molecule has 2 N–H and O–H groups in total. The van der Waals surface area contributed by atoms with Gasteiger partial charge in [-0.05, 0) is 14.1 Å². The molecule has 0 radical (unpaired) electrons. The maximum Gasteiger partial charge on any atom is 0.00736 e. The monoisotopic (exact) mass is 92.1 g/mol. The van der Waals surface area contributed by atoms with Crippen LogP contribution in [0.15, 0.2) is 0 Å². The van der Waals surface area contributed by atoms with E-state index in [1.165, 1.54) is 0 Å². The fourth-order valence-corrected chi connectivity index (χ4v) is 0.250. The first kappa shape index (κ1) is 5.92. The molecule has 0 saturated heterocycles. The molecule has 0 aliphatic heterocycles. The van der Waals surface area contributed by atoms with Crippen LogP contribution in [-0.4, -0.2) is 27.2 Å². The Bertz CT molecular complexity index is 24.0. The standard InChI is InChI=1S/C4H12N2.2H2/c1-5-3-4-6-2;;/h5-6H,3-4H2,1-2H3;2*1H.